The van der Waals surface area contributed by atoms with Crippen LogP contribution in [0.1, 0.15) is 49.4 Å². The van der Waals surface area contributed by atoms with Gasteiger partial charge in [0.15, 0.2) is 11.0 Å². The predicted molar refractivity (Wildman–Crippen MR) is 129 cm³/mol. The standard InChI is InChI=1S/C24H28N6O2S/c1-2-15-30-22(17-11-13-25-14-12-17)28-29-24(30)33-16-21(31)27-20-10-6-5-9-19(20)23(32)26-18-7-3-4-8-18/h5-6,9-14,18H,2-4,7-8,15-16H2,1H3,(H,26,32)(H,27,31). The Kier molecular flexibility index (Phi) is 7.72. The minimum Gasteiger partial charge on any atom is -0.349 e. The monoisotopic (exact) mass is 464 g/mol. The molecule has 1 saturated carbocycles. The number of pyridine rings is 1. The molecule has 9 heteroatoms. The lowest BCUT2D eigenvalue weighted by Gasteiger charge is -2.15. The summed E-state index contributed by atoms with van der Waals surface area (Å²) in [6.07, 6.45) is 8.67. The minimum atomic E-state index is -0.197. The lowest BCUT2D eigenvalue weighted by atomic mass is 10.1. The Morgan fingerprint density at radius 2 is 1.85 bits per heavy atom. The summed E-state index contributed by atoms with van der Waals surface area (Å²) in [6, 6.07) is 11.1. The fourth-order valence-corrected chi connectivity index (χ4v) is 4.74. The molecule has 2 heterocycles. The van der Waals surface area contributed by atoms with Gasteiger partial charge in [0.1, 0.15) is 0 Å². The van der Waals surface area contributed by atoms with E-state index in [4.69, 9.17) is 0 Å². The Labute approximate surface area is 197 Å². The van der Waals surface area contributed by atoms with E-state index in [0.717, 1.165) is 50.0 Å². The number of amides is 2. The van der Waals surface area contributed by atoms with E-state index in [1.54, 1.807) is 24.5 Å². The molecule has 8 nitrogen and oxygen atoms in total. The summed E-state index contributed by atoms with van der Waals surface area (Å²) >= 11 is 1.33. The molecule has 2 amide bonds. The first-order valence-corrected chi connectivity index (χ1v) is 12.3. The van der Waals surface area contributed by atoms with Crippen molar-refractivity contribution in [2.24, 2.45) is 0 Å². The number of nitrogens with one attached hydrogen (secondary N) is 2. The van der Waals surface area contributed by atoms with Crippen molar-refractivity contribution in [3.8, 4) is 11.4 Å². The van der Waals surface area contributed by atoms with Crippen LogP contribution >= 0.6 is 11.8 Å². The molecular formula is C24H28N6O2S. The van der Waals surface area contributed by atoms with E-state index in [1.165, 1.54) is 11.8 Å². The van der Waals surface area contributed by atoms with Crippen molar-refractivity contribution < 1.29 is 9.59 Å². The number of hydrogen-bond acceptors (Lipinski definition) is 6. The number of nitrogens with zero attached hydrogens (tertiary/aromatic N) is 4. The van der Waals surface area contributed by atoms with Crippen LogP contribution in [0.2, 0.25) is 0 Å². The van der Waals surface area contributed by atoms with Gasteiger partial charge in [-0.3, -0.25) is 14.6 Å². The highest BCUT2D eigenvalue weighted by Crippen LogP contribution is 2.25. The van der Waals surface area contributed by atoms with Gasteiger partial charge < -0.3 is 15.2 Å². The Morgan fingerprint density at radius 3 is 2.61 bits per heavy atom. The van der Waals surface area contributed by atoms with E-state index in [1.807, 2.05) is 28.8 Å². The lowest BCUT2D eigenvalue weighted by Crippen LogP contribution is -2.33. The largest absolute Gasteiger partial charge is 0.349 e. The quantitative estimate of drug-likeness (QED) is 0.461. The van der Waals surface area contributed by atoms with E-state index in [2.05, 4.69) is 32.7 Å². The third kappa shape index (κ3) is 5.78. The van der Waals surface area contributed by atoms with Gasteiger partial charge in [0.05, 0.1) is 17.0 Å². The smallest absolute Gasteiger partial charge is 0.253 e. The van der Waals surface area contributed by atoms with Crippen molar-refractivity contribution in [3.05, 3.63) is 54.4 Å². The first kappa shape index (κ1) is 23.0. The van der Waals surface area contributed by atoms with E-state index in [0.29, 0.717) is 16.4 Å². The van der Waals surface area contributed by atoms with Gasteiger partial charge in [-0.25, -0.2) is 0 Å². The normalized spacial score (nSPS) is 13.7. The Morgan fingerprint density at radius 1 is 1.09 bits per heavy atom. The van der Waals surface area contributed by atoms with Crippen LogP contribution in [0.25, 0.3) is 11.4 Å². The van der Waals surface area contributed by atoms with Crippen LogP contribution in [0.5, 0.6) is 0 Å². The van der Waals surface area contributed by atoms with E-state index < -0.39 is 0 Å². The van der Waals surface area contributed by atoms with Gasteiger partial charge in [-0.15, -0.1) is 10.2 Å². The van der Waals surface area contributed by atoms with Gasteiger partial charge in [-0.05, 0) is 43.5 Å². The summed E-state index contributed by atoms with van der Waals surface area (Å²) < 4.78 is 2.02. The lowest BCUT2D eigenvalue weighted by molar-refractivity contribution is -0.113. The highest BCUT2D eigenvalue weighted by Gasteiger charge is 2.20. The molecule has 0 radical (unpaired) electrons. The molecule has 3 aromatic rings. The van der Waals surface area contributed by atoms with Crippen molar-refractivity contribution >= 4 is 29.3 Å². The van der Waals surface area contributed by atoms with E-state index in [9.17, 15) is 9.59 Å². The van der Waals surface area contributed by atoms with Crippen LogP contribution in [0, 0.1) is 0 Å². The SMILES string of the molecule is CCCn1c(SCC(=O)Nc2ccccc2C(=O)NC2CCCC2)nnc1-c1ccncc1. The molecule has 2 N–H and O–H groups in total. The van der Waals surface area contributed by atoms with Gasteiger partial charge in [0, 0.05) is 30.5 Å². The average Bonchev–Trinajstić information content (AvgIpc) is 3.49. The molecule has 1 fully saturated rings. The number of para-hydroxylation sites is 1. The first-order chi connectivity index (χ1) is 16.2. The summed E-state index contributed by atoms with van der Waals surface area (Å²) in [5.41, 5.74) is 1.94. The molecule has 4 rings (SSSR count). The van der Waals surface area contributed by atoms with Crippen LogP contribution in [-0.4, -0.2) is 43.4 Å². The second-order valence-electron chi connectivity index (χ2n) is 8.03. The Hall–Kier alpha value is -3.20. The molecular weight excluding hydrogens is 436 g/mol. The fraction of sp³-hybridized carbons (Fsp3) is 0.375. The molecule has 2 aromatic heterocycles. The summed E-state index contributed by atoms with van der Waals surface area (Å²) in [4.78, 5) is 29.5. The number of carbonyl (C=O) groups excluding carboxylic acids is 2. The maximum atomic E-state index is 12.7. The Bertz CT molecular complexity index is 1100. The molecule has 0 saturated heterocycles. The predicted octanol–water partition coefficient (Wildman–Crippen LogP) is 4.15. The molecule has 1 aliphatic rings. The number of anilines is 1. The van der Waals surface area contributed by atoms with Gasteiger partial charge >= 0.3 is 0 Å². The van der Waals surface area contributed by atoms with Crippen LogP contribution < -0.4 is 10.6 Å². The number of hydrogen-bond donors (Lipinski definition) is 2. The Balaban J connectivity index is 1.41. The third-order valence-electron chi connectivity index (χ3n) is 5.57. The van der Waals surface area contributed by atoms with E-state index in [-0.39, 0.29) is 23.6 Å². The number of benzene rings is 1. The molecule has 1 aliphatic carbocycles. The van der Waals surface area contributed by atoms with Crippen molar-refractivity contribution in [2.45, 2.75) is 56.8 Å². The molecule has 0 unspecified atom stereocenters. The number of thioether (sulfide) groups is 1. The number of carbonyl (C=O) groups is 2. The van der Waals surface area contributed by atoms with E-state index >= 15 is 0 Å². The van der Waals surface area contributed by atoms with Gasteiger partial charge in [0.2, 0.25) is 5.91 Å². The molecule has 1 aromatic carbocycles. The molecule has 0 atom stereocenters. The average molecular weight is 465 g/mol. The van der Waals surface area contributed by atoms with Crippen molar-refractivity contribution in [1.82, 2.24) is 25.1 Å². The summed E-state index contributed by atoms with van der Waals surface area (Å²) in [5.74, 6) is 0.584. The third-order valence-corrected chi connectivity index (χ3v) is 6.54. The van der Waals surface area contributed by atoms with Gasteiger partial charge in [-0.2, -0.15) is 0 Å². The maximum Gasteiger partial charge on any atom is 0.253 e. The second kappa shape index (κ2) is 11.1. The maximum absolute atomic E-state index is 12.7. The van der Waals surface area contributed by atoms with Gasteiger partial charge in [-0.1, -0.05) is 43.7 Å². The molecule has 0 bridgehead atoms. The van der Waals surface area contributed by atoms with Crippen LogP contribution in [0.4, 0.5) is 5.69 Å². The molecule has 0 spiro atoms. The summed E-state index contributed by atoms with van der Waals surface area (Å²) in [6.45, 7) is 2.84. The molecule has 0 aliphatic heterocycles. The summed E-state index contributed by atoms with van der Waals surface area (Å²) in [7, 11) is 0. The fourth-order valence-electron chi connectivity index (χ4n) is 3.97. The van der Waals surface area contributed by atoms with Crippen LogP contribution in [-0.2, 0) is 11.3 Å². The van der Waals surface area contributed by atoms with Crippen molar-refractivity contribution in [3.63, 3.8) is 0 Å². The molecule has 172 valence electrons. The second-order valence-corrected chi connectivity index (χ2v) is 8.97. The number of aromatic nitrogens is 4. The summed E-state index contributed by atoms with van der Waals surface area (Å²) in [5, 5.41) is 15.3. The molecule has 33 heavy (non-hydrogen) atoms. The minimum absolute atomic E-state index is 0.143. The highest BCUT2D eigenvalue weighted by molar-refractivity contribution is 7.99. The zero-order valence-electron chi connectivity index (χ0n) is 18.7. The topological polar surface area (TPSA) is 102 Å². The zero-order chi connectivity index (χ0) is 23.0. The van der Waals surface area contributed by atoms with Crippen LogP contribution in [0.15, 0.2) is 53.9 Å². The first-order valence-electron chi connectivity index (χ1n) is 11.3. The van der Waals surface area contributed by atoms with Gasteiger partial charge in [0.25, 0.3) is 5.91 Å². The highest BCUT2D eigenvalue weighted by atomic mass is 32.2. The number of rotatable bonds is 9. The zero-order valence-corrected chi connectivity index (χ0v) is 19.5. The van der Waals surface area contributed by atoms with Crippen LogP contribution in [0.3, 0.4) is 0 Å². The van der Waals surface area contributed by atoms with Crippen molar-refractivity contribution in [1.29, 1.82) is 0 Å². The van der Waals surface area contributed by atoms with Crippen molar-refractivity contribution in [2.75, 3.05) is 11.1 Å².